The van der Waals surface area contributed by atoms with Gasteiger partial charge in [-0.15, -0.1) is 0 Å². The van der Waals surface area contributed by atoms with E-state index in [2.05, 4.69) is 11.4 Å². The largest absolute Gasteiger partial charge is 0.465 e. The van der Waals surface area contributed by atoms with Gasteiger partial charge in [-0.25, -0.2) is 0 Å². The molecule has 0 atom stereocenters. The number of nitriles is 1. The number of nitrogens with one attached hydrogen (secondary N) is 1. The molecule has 2 rings (SSSR count). The van der Waals surface area contributed by atoms with Gasteiger partial charge < -0.3 is 9.73 Å². The standard InChI is InChI=1S/C15H12N2O2/c16-10-12-3-1-4-13(9-12)11-17-15(18)7-6-14-5-2-8-19-14/h1-9H,11H2,(H,17,18)/b7-6+. The van der Waals surface area contributed by atoms with Crippen LogP contribution in [0.4, 0.5) is 0 Å². The maximum Gasteiger partial charge on any atom is 0.244 e. The quantitative estimate of drug-likeness (QED) is 0.850. The Hall–Kier alpha value is -2.80. The molecule has 0 bridgehead atoms. The van der Waals surface area contributed by atoms with Crippen LogP contribution in [0.2, 0.25) is 0 Å². The van der Waals surface area contributed by atoms with Crippen molar-refractivity contribution in [2.45, 2.75) is 6.54 Å². The lowest BCUT2D eigenvalue weighted by Crippen LogP contribution is -2.20. The van der Waals surface area contributed by atoms with E-state index in [0.29, 0.717) is 17.9 Å². The summed E-state index contributed by atoms with van der Waals surface area (Å²) in [6.45, 7) is 0.386. The lowest BCUT2D eigenvalue weighted by atomic mass is 10.1. The van der Waals surface area contributed by atoms with Crippen molar-refractivity contribution in [2.24, 2.45) is 0 Å². The molecule has 4 nitrogen and oxygen atoms in total. The molecule has 1 aromatic carbocycles. The normalized spacial score (nSPS) is 10.3. The van der Waals surface area contributed by atoms with Crippen molar-refractivity contribution < 1.29 is 9.21 Å². The molecule has 0 aliphatic rings. The summed E-state index contributed by atoms with van der Waals surface area (Å²) in [4.78, 5) is 11.6. The second-order valence-corrected chi connectivity index (χ2v) is 3.88. The lowest BCUT2D eigenvalue weighted by Gasteiger charge is -2.02. The fourth-order valence-electron chi connectivity index (χ4n) is 1.54. The number of carbonyl (C=O) groups is 1. The van der Waals surface area contributed by atoms with E-state index in [1.54, 1.807) is 42.7 Å². The van der Waals surface area contributed by atoms with Gasteiger partial charge in [-0.1, -0.05) is 12.1 Å². The molecule has 2 aromatic rings. The zero-order valence-corrected chi connectivity index (χ0v) is 10.2. The highest BCUT2D eigenvalue weighted by atomic mass is 16.3. The third-order valence-electron chi connectivity index (χ3n) is 2.46. The summed E-state index contributed by atoms with van der Waals surface area (Å²) < 4.78 is 5.07. The number of hydrogen-bond donors (Lipinski definition) is 1. The van der Waals surface area contributed by atoms with Crippen molar-refractivity contribution in [3.05, 3.63) is 65.6 Å². The molecular weight excluding hydrogens is 240 g/mol. The van der Waals surface area contributed by atoms with Crippen LogP contribution in [0.25, 0.3) is 6.08 Å². The SMILES string of the molecule is N#Cc1cccc(CNC(=O)/C=C/c2ccco2)c1. The first kappa shape index (κ1) is 12.7. The van der Waals surface area contributed by atoms with Gasteiger partial charge in [-0.3, -0.25) is 4.79 Å². The first-order valence-electron chi connectivity index (χ1n) is 5.76. The Labute approximate surface area is 111 Å². The summed E-state index contributed by atoms with van der Waals surface area (Å²) in [5.41, 5.74) is 1.47. The molecule has 4 heteroatoms. The fraction of sp³-hybridized carbons (Fsp3) is 0.0667. The maximum atomic E-state index is 11.6. The number of carbonyl (C=O) groups excluding carboxylic acids is 1. The molecule has 1 amide bonds. The van der Waals surface area contributed by atoms with Crippen LogP contribution in [0.5, 0.6) is 0 Å². The summed E-state index contributed by atoms with van der Waals surface area (Å²) >= 11 is 0. The molecular formula is C15H12N2O2. The van der Waals surface area contributed by atoms with Crippen LogP contribution in [0.3, 0.4) is 0 Å². The van der Waals surface area contributed by atoms with E-state index in [-0.39, 0.29) is 5.91 Å². The van der Waals surface area contributed by atoms with E-state index in [9.17, 15) is 4.79 Å². The molecule has 0 saturated heterocycles. The average Bonchev–Trinajstić information content (AvgIpc) is 2.96. The highest BCUT2D eigenvalue weighted by Gasteiger charge is 1.98. The van der Waals surface area contributed by atoms with Gasteiger partial charge in [-0.2, -0.15) is 5.26 Å². The van der Waals surface area contributed by atoms with Gasteiger partial charge >= 0.3 is 0 Å². The third kappa shape index (κ3) is 3.86. The van der Waals surface area contributed by atoms with E-state index >= 15 is 0 Å². The van der Waals surface area contributed by atoms with E-state index in [1.165, 1.54) is 6.08 Å². The summed E-state index contributed by atoms with van der Waals surface area (Å²) in [6.07, 6.45) is 4.55. The summed E-state index contributed by atoms with van der Waals surface area (Å²) in [6, 6.07) is 12.7. The topological polar surface area (TPSA) is 66.0 Å². The minimum atomic E-state index is -0.209. The predicted molar refractivity (Wildman–Crippen MR) is 70.7 cm³/mol. The Morgan fingerprint density at radius 2 is 2.26 bits per heavy atom. The monoisotopic (exact) mass is 252 g/mol. The molecule has 1 heterocycles. The van der Waals surface area contributed by atoms with Gasteiger partial charge in [0.2, 0.25) is 5.91 Å². The first-order chi connectivity index (χ1) is 9.28. The summed E-state index contributed by atoms with van der Waals surface area (Å²) in [5.74, 6) is 0.417. The molecule has 0 unspecified atom stereocenters. The number of rotatable bonds is 4. The minimum absolute atomic E-state index is 0.209. The van der Waals surface area contributed by atoms with Crippen LogP contribution >= 0.6 is 0 Å². The van der Waals surface area contributed by atoms with E-state index in [0.717, 1.165) is 5.56 Å². The van der Waals surface area contributed by atoms with Crippen LogP contribution in [-0.2, 0) is 11.3 Å². The second kappa shape index (κ2) is 6.22. The lowest BCUT2D eigenvalue weighted by molar-refractivity contribution is -0.116. The van der Waals surface area contributed by atoms with Crippen molar-refractivity contribution in [3.8, 4) is 6.07 Å². The molecule has 1 N–H and O–H groups in total. The highest BCUT2D eigenvalue weighted by Crippen LogP contribution is 2.04. The summed E-state index contributed by atoms with van der Waals surface area (Å²) in [7, 11) is 0. The number of nitrogens with zero attached hydrogens (tertiary/aromatic N) is 1. The zero-order valence-electron chi connectivity index (χ0n) is 10.2. The molecule has 0 aliphatic heterocycles. The van der Waals surface area contributed by atoms with Gasteiger partial charge in [-0.05, 0) is 35.9 Å². The Kier molecular flexibility index (Phi) is 4.14. The van der Waals surface area contributed by atoms with Crippen molar-refractivity contribution in [1.82, 2.24) is 5.32 Å². The number of amides is 1. The Balaban J connectivity index is 1.88. The molecule has 1 aromatic heterocycles. The van der Waals surface area contributed by atoms with Gasteiger partial charge in [0.25, 0.3) is 0 Å². The van der Waals surface area contributed by atoms with Crippen molar-refractivity contribution in [1.29, 1.82) is 5.26 Å². The van der Waals surface area contributed by atoms with Crippen LogP contribution in [-0.4, -0.2) is 5.91 Å². The number of furan rings is 1. The van der Waals surface area contributed by atoms with Gasteiger partial charge in [0, 0.05) is 12.6 Å². The smallest absolute Gasteiger partial charge is 0.244 e. The van der Waals surface area contributed by atoms with Crippen molar-refractivity contribution in [2.75, 3.05) is 0 Å². The Morgan fingerprint density at radius 3 is 3.00 bits per heavy atom. The van der Waals surface area contributed by atoms with Gasteiger partial charge in [0.05, 0.1) is 17.9 Å². The Morgan fingerprint density at radius 1 is 1.37 bits per heavy atom. The van der Waals surface area contributed by atoms with Crippen LogP contribution < -0.4 is 5.32 Å². The molecule has 0 aliphatic carbocycles. The molecule has 94 valence electrons. The second-order valence-electron chi connectivity index (χ2n) is 3.88. The number of hydrogen-bond acceptors (Lipinski definition) is 3. The number of benzene rings is 1. The van der Waals surface area contributed by atoms with Crippen molar-refractivity contribution in [3.63, 3.8) is 0 Å². The molecule has 0 spiro atoms. The van der Waals surface area contributed by atoms with E-state index in [4.69, 9.17) is 9.68 Å². The van der Waals surface area contributed by atoms with Crippen LogP contribution in [0.1, 0.15) is 16.9 Å². The van der Waals surface area contributed by atoms with Crippen LogP contribution in [0.15, 0.2) is 53.2 Å². The molecule has 0 saturated carbocycles. The summed E-state index contributed by atoms with van der Waals surface area (Å²) in [5, 5.41) is 11.5. The zero-order chi connectivity index (χ0) is 13.5. The highest BCUT2D eigenvalue weighted by molar-refractivity contribution is 5.91. The minimum Gasteiger partial charge on any atom is -0.465 e. The van der Waals surface area contributed by atoms with E-state index < -0.39 is 0 Å². The predicted octanol–water partition coefficient (Wildman–Crippen LogP) is 2.48. The van der Waals surface area contributed by atoms with Gasteiger partial charge in [0.1, 0.15) is 5.76 Å². The fourth-order valence-corrected chi connectivity index (χ4v) is 1.54. The Bertz CT molecular complexity index is 622. The average molecular weight is 252 g/mol. The maximum absolute atomic E-state index is 11.6. The third-order valence-corrected chi connectivity index (χ3v) is 2.46. The van der Waals surface area contributed by atoms with Crippen LogP contribution in [0, 0.1) is 11.3 Å². The molecule has 0 fully saturated rings. The molecule has 19 heavy (non-hydrogen) atoms. The molecule has 0 radical (unpaired) electrons. The van der Waals surface area contributed by atoms with Gasteiger partial charge in [0.15, 0.2) is 0 Å². The van der Waals surface area contributed by atoms with Crippen molar-refractivity contribution >= 4 is 12.0 Å². The van der Waals surface area contributed by atoms with E-state index in [1.807, 2.05) is 6.07 Å². The first-order valence-corrected chi connectivity index (χ1v) is 5.76.